The molecule has 1 atom stereocenters. The molecule has 1 unspecified atom stereocenters. The Kier molecular flexibility index (Phi) is 3.34. The van der Waals surface area contributed by atoms with E-state index in [1.54, 1.807) is 11.3 Å². The van der Waals surface area contributed by atoms with Crippen molar-refractivity contribution in [2.24, 2.45) is 0 Å². The number of hydrogen-bond donors (Lipinski definition) is 1. The van der Waals surface area contributed by atoms with E-state index in [0.29, 0.717) is 6.61 Å². The fourth-order valence-electron chi connectivity index (χ4n) is 2.37. The van der Waals surface area contributed by atoms with Gasteiger partial charge in [0.25, 0.3) is 0 Å². The van der Waals surface area contributed by atoms with Crippen LogP contribution in [0, 0.1) is 6.92 Å². The van der Waals surface area contributed by atoms with E-state index < -0.39 is 5.79 Å². The number of rotatable bonds is 4. The number of nitrogens with one attached hydrogen (secondary N) is 1. The summed E-state index contributed by atoms with van der Waals surface area (Å²) in [5, 5.41) is 5.49. The van der Waals surface area contributed by atoms with Gasteiger partial charge in [0.2, 0.25) is 0 Å². The Hall–Kier alpha value is -0.950. The minimum Gasteiger partial charge on any atom is -0.348 e. The van der Waals surface area contributed by atoms with Crippen molar-refractivity contribution in [2.45, 2.75) is 39.2 Å². The van der Waals surface area contributed by atoms with Gasteiger partial charge in [-0.15, -0.1) is 11.3 Å². The predicted octanol–water partition coefficient (Wildman–Crippen LogP) is 1.95. The molecule has 6 heteroatoms. The molecule has 0 radical (unpaired) electrons. The SMILES string of the molecule is Cc1nc2sccn2c1CNCC1COC(C)(C)O1. The lowest BCUT2D eigenvalue weighted by Crippen LogP contribution is -2.30. The van der Waals surface area contributed by atoms with Crippen LogP contribution in [-0.2, 0) is 16.0 Å². The van der Waals surface area contributed by atoms with Crippen LogP contribution in [0.1, 0.15) is 25.2 Å². The highest BCUT2D eigenvalue weighted by molar-refractivity contribution is 7.15. The maximum atomic E-state index is 5.77. The van der Waals surface area contributed by atoms with E-state index in [2.05, 4.69) is 33.2 Å². The molecular weight excluding hydrogens is 262 g/mol. The number of aryl methyl sites for hydroxylation is 1. The molecule has 1 N–H and O–H groups in total. The highest BCUT2D eigenvalue weighted by Gasteiger charge is 2.32. The van der Waals surface area contributed by atoms with Gasteiger partial charge < -0.3 is 14.8 Å². The minimum absolute atomic E-state index is 0.126. The van der Waals surface area contributed by atoms with E-state index >= 15 is 0 Å². The zero-order valence-electron chi connectivity index (χ0n) is 11.5. The Bertz CT molecular complexity index is 575. The van der Waals surface area contributed by atoms with Gasteiger partial charge in [-0.1, -0.05) is 0 Å². The Morgan fingerprint density at radius 3 is 3.16 bits per heavy atom. The number of thiazole rings is 1. The maximum absolute atomic E-state index is 5.77. The third-order valence-corrected chi connectivity index (χ3v) is 4.05. The van der Waals surface area contributed by atoms with E-state index in [1.807, 2.05) is 13.8 Å². The van der Waals surface area contributed by atoms with Gasteiger partial charge in [-0.2, -0.15) is 0 Å². The first kappa shape index (κ1) is 13.1. The largest absolute Gasteiger partial charge is 0.348 e. The summed E-state index contributed by atoms with van der Waals surface area (Å²) in [6, 6.07) is 0. The lowest BCUT2D eigenvalue weighted by atomic mass is 10.3. The van der Waals surface area contributed by atoms with Crippen molar-refractivity contribution in [3.63, 3.8) is 0 Å². The van der Waals surface area contributed by atoms with Crippen LogP contribution in [0.2, 0.25) is 0 Å². The lowest BCUT2D eigenvalue weighted by Gasteiger charge is -2.17. The van der Waals surface area contributed by atoms with Crippen molar-refractivity contribution in [1.82, 2.24) is 14.7 Å². The summed E-state index contributed by atoms with van der Waals surface area (Å²) in [7, 11) is 0. The summed E-state index contributed by atoms with van der Waals surface area (Å²) in [5.74, 6) is -0.445. The van der Waals surface area contributed by atoms with Gasteiger partial charge in [0.05, 0.1) is 24.1 Å². The number of ether oxygens (including phenoxy) is 2. The van der Waals surface area contributed by atoms with E-state index in [1.165, 1.54) is 5.69 Å². The molecule has 19 heavy (non-hydrogen) atoms. The lowest BCUT2D eigenvalue weighted by molar-refractivity contribution is -0.137. The molecule has 2 aromatic rings. The molecule has 0 amide bonds. The van der Waals surface area contributed by atoms with Gasteiger partial charge >= 0.3 is 0 Å². The number of fused-ring (bicyclic) bond motifs is 1. The molecule has 0 aliphatic carbocycles. The van der Waals surface area contributed by atoms with Crippen LogP contribution < -0.4 is 5.32 Å². The molecule has 1 saturated heterocycles. The van der Waals surface area contributed by atoms with Crippen molar-refractivity contribution in [3.8, 4) is 0 Å². The van der Waals surface area contributed by atoms with Crippen LogP contribution in [0.15, 0.2) is 11.6 Å². The predicted molar refractivity (Wildman–Crippen MR) is 74.4 cm³/mol. The van der Waals surface area contributed by atoms with Crippen molar-refractivity contribution in [2.75, 3.05) is 13.2 Å². The number of nitrogens with zero attached hydrogens (tertiary/aromatic N) is 2. The second kappa shape index (κ2) is 4.86. The zero-order valence-corrected chi connectivity index (χ0v) is 12.3. The molecule has 0 bridgehead atoms. The van der Waals surface area contributed by atoms with Crippen LogP contribution in [0.25, 0.3) is 4.96 Å². The third kappa shape index (κ3) is 2.67. The fraction of sp³-hybridized carbons (Fsp3) is 0.615. The highest BCUT2D eigenvalue weighted by Crippen LogP contribution is 2.22. The molecule has 0 aromatic carbocycles. The molecule has 2 aromatic heterocycles. The normalized spacial score (nSPS) is 22.4. The number of hydrogen-bond acceptors (Lipinski definition) is 5. The maximum Gasteiger partial charge on any atom is 0.194 e. The summed E-state index contributed by atoms with van der Waals surface area (Å²) in [6.45, 7) is 8.19. The van der Waals surface area contributed by atoms with Gasteiger partial charge in [-0.05, 0) is 20.8 Å². The molecule has 5 nitrogen and oxygen atoms in total. The number of imidazole rings is 1. The van der Waals surface area contributed by atoms with E-state index in [4.69, 9.17) is 9.47 Å². The van der Waals surface area contributed by atoms with E-state index in [9.17, 15) is 0 Å². The first-order chi connectivity index (χ1) is 9.05. The minimum atomic E-state index is -0.445. The first-order valence-electron chi connectivity index (χ1n) is 6.49. The van der Waals surface area contributed by atoms with Crippen LogP contribution in [0.3, 0.4) is 0 Å². The molecule has 0 spiro atoms. The van der Waals surface area contributed by atoms with Crippen molar-refractivity contribution in [3.05, 3.63) is 23.0 Å². The Balaban J connectivity index is 1.58. The average Bonchev–Trinajstić information content (AvgIpc) is 2.97. The topological polar surface area (TPSA) is 47.8 Å². The fourth-order valence-corrected chi connectivity index (χ4v) is 3.15. The quantitative estimate of drug-likeness (QED) is 0.930. The summed E-state index contributed by atoms with van der Waals surface area (Å²) >= 11 is 1.66. The van der Waals surface area contributed by atoms with Gasteiger partial charge in [-0.3, -0.25) is 4.40 Å². The van der Waals surface area contributed by atoms with Crippen LogP contribution in [-0.4, -0.2) is 34.4 Å². The molecule has 1 fully saturated rings. The second-order valence-corrected chi connectivity index (χ2v) is 6.15. The molecule has 1 aliphatic heterocycles. The van der Waals surface area contributed by atoms with Crippen LogP contribution in [0.4, 0.5) is 0 Å². The number of aromatic nitrogens is 2. The molecule has 0 saturated carbocycles. The molecule has 104 valence electrons. The molecule has 3 heterocycles. The van der Waals surface area contributed by atoms with E-state index in [-0.39, 0.29) is 6.10 Å². The summed E-state index contributed by atoms with van der Waals surface area (Å²) in [6.07, 6.45) is 2.19. The molecule has 3 rings (SSSR count). The van der Waals surface area contributed by atoms with Gasteiger partial charge in [0, 0.05) is 24.7 Å². The monoisotopic (exact) mass is 281 g/mol. The Morgan fingerprint density at radius 2 is 2.42 bits per heavy atom. The molecular formula is C13H19N3O2S. The smallest absolute Gasteiger partial charge is 0.194 e. The van der Waals surface area contributed by atoms with Gasteiger partial charge in [0.15, 0.2) is 10.7 Å². The Labute approximate surface area is 116 Å². The summed E-state index contributed by atoms with van der Waals surface area (Å²) in [5.41, 5.74) is 2.30. The van der Waals surface area contributed by atoms with Gasteiger partial charge in [-0.25, -0.2) is 4.98 Å². The average molecular weight is 281 g/mol. The first-order valence-corrected chi connectivity index (χ1v) is 7.37. The third-order valence-electron chi connectivity index (χ3n) is 3.29. The van der Waals surface area contributed by atoms with Crippen LogP contribution >= 0.6 is 11.3 Å². The summed E-state index contributed by atoms with van der Waals surface area (Å²) < 4.78 is 13.5. The van der Waals surface area contributed by atoms with Crippen LogP contribution in [0.5, 0.6) is 0 Å². The van der Waals surface area contributed by atoms with Crippen molar-refractivity contribution in [1.29, 1.82) is 0 Å². The Morgan fingerprint density at radius 1 is 1.58 bits per heavy atom. The summed E-state index contributed by atoms with van der Waals surface area (Å²) in [4.78, 5) is 5.58. The van der Waals surface area contributed by atoms with Crippen molar-refractivity contribution < 1.29 is 9.47 Å². The van der Waals surface area contributed by atoms with E-state index in [0.717, 1.165) is 23.7 Å². The zero-order chi connectivity index (χ0) is 13.5. The van der Waals surface area contributed by atoms with Crippen molar-refractivity contribution >= 4 is 16.3 Å². The standard InChI is InChI=1S/C13H19N3O2S/c1-9-11(16-4-5-19-12(16)15-9)7-14-6-10-8-17-13(2,3)18-10/h4-5,10,14H,6-8H2,1-3H3. The van der Waals surface area contributed by atoms with Gasteiger partial charge in [0.1, 0.15) is 0 Å². The highest BCUT2D eigenvalue weighted by atomic mass is 32.1. The molecule has 1 aliphatic rings. The second-order valence-electron chi connectivity index (χ2n) is 5.28.